The van der Waals surface area contributed by atoms with Crippen molar-refractivity contribution in [2.45, 2.75) is 24.4 Å². The van der Waals surface area contributed by atoms with Crippen LogP contribution in [-0.4, -0.2) is 59.7 Å². The average Bonchev–Trinajstić information content (AvgIpc) is 2.69. The summed E-state index contributed by atoms with van der Waals surface area (Å²) in [6, 6.07) is 15.9. The third-order valence-corrected chi connectivity index (χ3v) is 4.99. The maximum absolute atomic E-state index is 10.6. The van der Waals surface area contributed by atoms with E-state index in [4.69, 9.17) is 19.7 Å². The number of halogens is 3. The topological polar surface area (TPSA) is 116 Å². The van der Waals surface area contributed by atoms with Gasteiger partial charge in [-0.3, -0.25) is 4.79 Å². The van der Waals surface area contributed by atoms with Gasteiger partial charge in [0, 0.05) is 24.1 Å². The van der Waals surface area contributed by atoms with Crippen molar-refractivity contribution in [1.29, 1.82) is 0 Å². The van der Waals surface area contributed by atoms with Gasteiger partial charge in [-0.1, -0.05) is 42.5 Å². The summed E-state index contributed by atoms with van der Waals surface area (Å²) in [5.41, 5.74) is 3.00. The summed E-state index contributed by atoms with van der Waals surface area (Å²) in [6.45, 7) is 2.28. The Morgan fingerprint density at radius 2 is 1.66 bits per heavy atom. The molecule has 1 heterocycles. The van der Waals surface area contributed by atoms with E-state index in [2.05, 4.69) is 17.4 Å². The minimum absolute atomic E-state index is 0.0175. The molecule has 2 aromatic rings. The number of carboxylic acids is 2. The number of carbonyl (C=O) groups is 2. The van der Waals surface area contributed by atoms with Crippen LogP contribution in [-0.2, 0) is 26.2 Å². The first-order valence-electron chi connectivity index (χ1n) is 9.74. The van der Waals surface area contributed by atoms with Crippen LogP contribution >= 0.6 is 0 Å². The van der Waals surface area contributed by atoms with Gasteiger partial charge in [0.25, 0.3) is 0 Å². The lowest BCUT2D eigenvalue weighted by Crippen LogP contribution is -2.57. The first-order valence-corrected chi connectivity index (χ1v) is 9.74. The van der Waals surface area contributed by atoms with Crippen molar-refractivity contribution < 1.29 is 42.8 Å². The predicted molar refractivity (Wildman–Crippen MR) is 109 cm³/mol. The molecule has 0 atom stereocenters. The number of nitrogens with one attached hydrogen (secondary N) is 1. The smallest absolute Gasteiger partial charge is 0.490 e. The highest BCUT2D eigenvalue weighted by atomic mass is 19.4. The average molecular weight is 455 g/mol. The van der Waals surface area contributed by atoms with Crippen LogP contribution in [0.5, 0.6) is 5.75 Å². The molecule has 1 fully saturated rings. The van der Waals surface area contributed by atoms with Gasteiger partial charge in [0.2, 0.25) is 0 Å². The Labute approximate surface area is 182 Å². The number of alkyl halides is 3. The SMILES string of the molecule is O=C(O)C(F)(F)F.O=C(O)CCOCCc1ccc(O)c(C2(c3ccccc3)CNC2)c1. The molecule has 4 N–H and O–H groups in total. The largest absolute Gasteiger partial charge is 0.508 e. The third-order valence-electron chi connectivity index (χ3n) is 4.99. The fourth-order valence-corrected chi connectivity index (χ4v) is 3.26. The number of aromatic hydroxyl groups is 1. The molecule has 0 amide bonds. The van der Waals surface area contributed by atoms with Gasteiger partial charge < -0.3 is 25.4 Å². The number of hydrogen-bond acceptors (Lipinski definition) is 5. The van der Waals surface area contributed by atoms with Crippen molar-refractivity contribution >= 4 is 11.9 Å². The number of carboxylic acid groups (broad SMARTS) is 2. The molecule has 1 aliphatic rings. The molecule has 0 aromatic heterocycles. The normalized spacial score (nSPS) is 14.6. The van der Waals surface area contributed by atoms with E-state index in [1.807, 2.05) is 30.3 Å². The number of ether oxygens (including phenoxy) is 1. The molecule has 7 nitrogen and oxygen atoms in total. The van der Waals surface area contributed by atoms with Crippen LogP contribution in [0.2, 0.25) is 0 Å². The second kappa shape index (κ2) is 11.0. The van der Waals surface area contributed by atoms with E-state index in [0.717, 1.165) is 24.2 Å². The lowest BCUT2D eigenvalue weighted by atomic mass is 9.69. The molecule has 2 aromatic carbocycles. The minimum atomic E-state index is -5.08. The fourth-order valence-electron chi connectivity index (χ4n) is 3.26. The lowest BCUT2D eigenvalue weighted by Gasteiger charge is -2.44. The summed E-state index contributed by atoms with van der Waals surface area (Å²) in [4.78, 5) is 19.4. The van der Waals surface area contributed by atoms with E-state index in [9.17, 15) is 23.1 Å². The first kappa shape index (κ1) is 25.2. The van der Waals surface area contributed by atoms with E-state index in [1.165, 1.54) is 5.56 Å². The van der Waals surface area contributed by atoms with Crippen molar-refractivity contribution in [3.8, 4) is 5.75 Å². The summed E-state index contributed by atoms with van der Waals surface area (Å²) >= 11 is 0. The molecule has 1 aliphatic heterocycles. The number of benzene rings is 2. The van der Waals surface area contributed by atoms with Crippen molar-refractivity contribution in [3.05, 3.63) is 65.2 Å². The summed E-state index contributed by atoms with van der Waals surface area (Å²) in [5, 5.41) is 29.5. The van der Waals surface area contributed by atoms with Crippen LogP contribution in [0.4, 0.5) is 13.2 Å². The van der Waals surface area contributed by atoms with Crippen LogP contribution in [0.1, 0.15) is 23.1 Å². The van der Waals surface area contributed by atoms with Gasteiger partial charge in [0.1, 0.15) is 5.75 Å². The summed E-state index contributed by atoms with van der Waals surface area (Å²) in [7, 11) is 0. The Morgan fingerprint density at radius 1 is 1.03 bits per heavy atom. The van der Waals surface area contributed by atoms with Crippen LogP contribution in [0.25, 0.3) is 0 Å². The molecule has 10 heteroatoms. The van der Waals surface area contributed by atoms with Crippen LogP contribution in [0.15, 0.2) is 48.5 Å². The molecular formula is C22H24F3NO6. The van der Waals surface area contributed by atoms with Gasteiger partial charge in [-0.2, -0.15) is 13.2 Å². The van der Waals surface area contributed by atoms with Crippen molar-refractivity contribution in [1.82, 2.24) is 5.32 Å². The van der Waals surface area contributed by atoms with E-state index in [1.54, 1.807) is 6.07 Å². The number of rotatable bonds is 8. The molecule has 174 valence electrons. The Balaban J connectivity index is 0.000000451. The number of aliphatic carboxylic acids is 2. The van der Waals surface area contributed by atoms with Gasteiger partial charge in [-0.05, 0) is 23.6 Å². The zero-order valence-corrected chi connectivity index (χ0v) is 17.1. The Bertz CT molecular complexity index is 914. The van der Waals surface area contributed by atoms with Crippen molar-refractivity contribution in [3.63, 3.8) is 0 Å². The number of phenolic OH excluding ortho intramolecular Hbond substituents is 1. The molecule has 3 rings (SSSR count). The molecule has 0 radical (unpaired) electrons. The quantitative estimate of drug-likeness (QED) is 0.452. The minimum Gasteiger partial charge on any atom is -0.508 e. The van der Waals surface area contributed by atoms with Crippen LogP contribution < -0.4 is 5.32 Å². The second-order valence-corrected chi connectivity index (χ2v) is 7.21. The Morgan fingerprint density at radius 3 is 2.16 bits per heavy atom. The van der Waals surface area contributed by atoms with E-state index >= 15 is 0 Å². The second-order valence-electron chi connectivity index (χ2n) is 7.21. The van der Waals surface area contributed by atoms with E-state index < -0.39 is 18.1 Å². The third kappa shape index (κ3) is 6.69. The zero-order valence-electron chi connectivity index (χ0n) is 17.1. The maximum atomic E-state index is 10.6. The first-order chi connectivity index (χ1) is 15.1. The van der Waals surface area contributed by atoms with Gasteiger partial charge in [0.15, 0.2) is 0 Å². The van der Waals surface area contributed by atoms with Gasteiger partial charge in [-0.15, -0.1) is 0 Å². The fraction of sp³-hybridized carbons (Fsp3) is 0.364. The lowest BCUT2D eigenvalue weighted by molar-refractivity contribution is -0.192. The van der Waals surface area contributed by atoms with Gasteiger partial charge in [-0.25, -0.2) is 4.79 Å². The molecule has 0 aliphatic carbocycles. The molecule has 1 saturated heterocycles. The van der Waals surface area contributed by atoms with Gasteiger partial charge in [0.05, 0.1) is 19.6 Å². The van der Waals surface area contributed by atoms with Gasteiger partial charge >= 0.3 is 18.1 Å². The maximum Gasteiger partial charge on any atom is 0.490 e. The summed E-state index contributed by atoms with van der Waals surface area (Å²) < 4.78 is 37.1. The number of hydrogen-bond donors (Lipinski definition) is 4. The van der Waals surface area contributed by atoms with E-state index in [0.29, 0.717) is 18.8 Å². The molecule has 0 spiro atoms. The molecule has 0 saturated carbocycles. The number of phenols is 1. The zero-order chi connectivity index (χ0) is 23.8. The van der Waals surface area contributed by atoms with Crippen molar-refractivity contribution in [2.24, 2.45) is 0 Å². The highest BCUT2D eigenvalue weighted by Crippen LogP contribution is 2.40. The highest BCUT2D eigenvalue weighted by molar-refractivity contribution is 5.73. The standard InChI is InChI=1S/C20H23NO4.C2HF3O2/c22-18-7-6-15(8-10-25-11-9-19(23)24)12-17(18)20(13-21-14-20)16-4-2-1-3-5-16;3-2(4,5)1(6)7/h1-7,12,21-22H,8-11,13-14H2,(H,23,24);(H,6,7). The highest BCUT2D eigenvalue weighted by Gasteiger charge is 2.42. The molecule has 32 heavy (non-hydrogen) atoms. The molecular weight excluding hydrogens is 431 g/mol. The monoisotopic (exact) mass is 455 g/mol. The molecule has 0 unspecified atom stereocenters. The van der Waals surface area contributed by atoms with Crippen LogP contribution in [0.3, 0.4) is 0 Å². The Hall–Kier alpha value is -3.11. The Kier molecular flexibility index (Phi) is 8.62. The predicted octanol–water partition coefficient (Wildman–Crippen LogP) is 2.95. The summed E-state index contributed by atoms with van der Waals surface area (Å²) in [6.07, 6.45) is -4.38. The van der Waals surface area contributed by atoms with E-state index in [-0.39, 0.29) is 18.4 Å². The van der Waals surface area contributed by atoms with Crippen LogP contribution in [0, 0.1) is 0 Å². The van der Waals surface area contributed by atoms with Crippen molar-refractivity contribution in [2.75, 3.05) is 26.3 Å². The molecule has 0 bridgehead atoms. The summed E-state index contributed by atoms with van der Waals surface area (Å²) in [5.74, 6) is -3.30.